The number of para-hydroxylation sites is 1. The van der Waals surface area contributed by atoms with Crippen LogP contribution in [0.25, 0.3) is 0 Å². The Kier molecular flexibility index (Phi) is 2.54. The van der Waals surface area contributed by atoms with E-state index in [9.17, 15) is 0 Å². The van der Waals surface area contributed by atoms with Crippen molar-refractivity contribution < 1.29 is 0 Å². The van der Waals surface area contributed by atoms with Crippen molar-refractivity contribution >= 4 is 28.6 Å². The number of aryl methyl sites for hydroxylation is 2. The van der Waals surface area contributed by atoms with Crippen LogP contribution in [0.1, 0.15) is 11.1 Å². The first-order valence-electron chi connectivity index (χ1n) is 3.18. The maximum absolute atomic E-state index is 3.13. The quantitative estimate of drug-likeness (QED) is 0.594. The van der Waals surface area contributed by atoms with Crippen molar-refractivity contribution in [1.82, 2.24) is 0 Å². The molecule has 1 aromatic rings. The summed E-state index contributed by atoms with van der Waals surface area (Å²) in [4.78, 5) is 0. The second-order valence-electron chi connectivity index (χ2n) is 2.36. The zero-order chi connectivity index (χ0) is 7.56. The predicted molar refractivity (Wildman–Crippen MR) is 53.6 cm³/mol. The lowest BCUT2D eigenvalue weighted by atomic mass is 10.1. The third kappa shape index (κ3) is 1.42. The van der Waals surface area contributed by atoms with Crippen molar-refractivity contribution in [2.75, 3.05) is 3.53 Å². The van der Waals surface area contributed by atoms with Crippen molar-refractivity contribution in [2.45, 2.75) is 13.8 Å². The summed E-state index contributed by atoms with van der Waals surface area (Å²) in [7, 11) is 0. The first kappa shape index (κ1) is 7.85. The topological polar surface area (TPSA) is 12.0 Å². The fraction of sp³-hybridized carbons (Fsp3) is 0.250. The standard InChI is InChI=1S/C8H10IN/c1-6-4-3-5-7(2)8(6)10-9/h3-5,10H,1-2H3. The summed E-state index contributed by atoms with van der Waals surface area (Å²) in [5, 5.41) is 0. The molecule has 0 unspecified atom stereocenters. The van der Waals surface area contributed by atoms with E-state index in [2.05, 4.69) is 58.4 Å². The molecule has 0 aliphatic rings. The molecule has 0 saturated carbocycles. The Morgan fingerprint density at radius 1 is 1.20 bits per heavy atom. The van der Waals surface area contributed by atoms with E-state index in [1.807, 2.05) is 0 Å². The Morgan fingerprint density at radius 2 is 1.70 bits per heavy atom. The largest absolute Gasteiger partial charge is 0.328 e. The van der Waals surface area contributed by atoms with Crippen LogP contribution in [0.4, 0.5) is 5.69 Å². The maximum atomic E-state index is 3.13. The smallest absolute Gasteiger partial charge is 0.0560 e. The molecular weight excluding hydrogens is 237 g/mol. The van der Waals surface area contributed by atoms with Gasteiger partial charge in [-0.25, -0.2) is 0 Å². The first-order chi connectivity index (χ1) is 4.75. The summed E-state index contributed by atoms with van der Waals surface area (Å²) in [6, 6.07) is 6.28. The molecule has 0 aromatic heterocycles. The molecule has 0 bridgehead atoms. The number of nitrogens with one attached hydrogen (secondary N) is 1. The number of hydrogen-bond donors (Lipinski definition) is 1. The molecule has 1 rings (SSSR count). The van der Waals surface area contributed by atoms with E-state index in [4.69, 9.17) is 0 Å². The molecule has 1 aromatic carbocycles. The molecule has 10 heavy (non-hydrogen) atoms. The lowest BCUT2D eigenvalue weighted by Gasteiger charge is -2.05. The molecular formula is C8H10IN. The van der Waals surface area contributed by atoms with E-state index in [-0.39, 0.29) is 0 Å². The van der Waals surface area contributed by atoms with Gasteiger partial charge in [-0.2, -0.15) is 0 Å². The number of benzene rings is 1. The minimum absolute atomic E-state index is 1.24. The maximum Gasteiger partial charge on any atom is 0.0560 e. The predicted octanol–water partition coefficient (Wildman–Crippen LogP) is 3.07. The minimum Gasteiger partial charge on any atom is -0.328 e. The van der Waals surface area contributed by atoms with Crippen LogP contribution in [0.3, 0.4) is 0 Å². The summed E-state index contributed by atoms with van der Waals surface area (Å²) in [5.74, 6) is 0. The Bertz CT molecular complexity index is 212. The third-order valence-electron chi connectivity index (χ3n) is 1.58. The highest BCUT2D eigenvalue weighted by molar-refractivity contribution is 14.1. The Morgan fingerprint density at radius 3 is 2.00 bits per heavy atom. The van der Waals surface area contributed by atoms with Gasteiger partial charge in [0, 0.05) is 5.69 Å². The molecule has 0 spiro atoms. The van der Waals surface area contributed by atoms with Gasteiger partial charge in [-0.05, 0) is 25.0 Å². The van der Waals surface area contributed by atoms with Crippen LogP contribution in [-0.4, -0.2) is 0 Å². The van der Waals surface area contributed by atoms with Crippen molar-refractivity contribution in [1.29, 1.82) is 0 Å². The first-order valence-corrected chi connectivity index (χ1v) is 4.26. The highest BCUT2D eigenvalue weighted by Gasteiger charge is 1.96. The molecule has 0 amide bonds. The fourth-order valence-corrected chi connectivity index (χ4v) is 1.81. The summed E-state index contributed by atoms with van der Waals surface area (Å²) >= 11 is 2.15. The van der Waals surface area contributed by atoms with Gasteiger partial charge < -0.3 is 3.53 Å². The second-order valence-corrected chi connectivity index (χ2v) is 2.90. The number of rotatable bonds is 1. The molecule has 0 aliphatic heterocycles. The van der Waals surface area contributed by atoms with E-state index in [0.29, 0.717) is 0 Å². The Labute approximate surface area is 75.3 Å². The van der Waals surface area contributed by atoms with Gasteiger partial charge in [0.2, 0.25) is 0 Å². The van der Waals surface area contributed by atoms with E-state index in [1.165, 1.54) is 16.8 Å². The lowest BCUT2D eigenvalue weighted by molar-refractivity contribution is 1.39. The lowest BCUT2D eigenvalue weighted by Crippen LogP contribution is -1.87. The van der Waals surface area contributed by atoms with Crippen molar-refractivity contribution in [2.24, 2.45) is 0 Å². The van der Waals surface area contributed by atoms with Crippen LogP contribution in [-0.2, 0) is 0 Å². The Hall–Kier alpha value is -0.250. The van der Waals surface area contributed by atoms with Crippen LogP contribution in [0.2, 0.25) is 0 Å². The van der Waals surface area contributed by atoms with Gasteiger partial charge in [0.25, 0.3) is 0 Å². The van der Waals surface area contributed by atoms with Crippen molar-refractivity contribution in [3.63, 3.8) is 0 Å². The Balaban J connectivity index is 3.17. The fourth-order valence-electron chi connectivity index (χ4n) is 0.964. The molecule has 1 N–H and O–H groups in total. The van der Waals surface area contributed by atoms with Crippen molar-refractivity contribution in [3.05, 3.63) is 29.3 Å². The molecule has 0 atom stereocenters. The molecule has 2 heteroatoms. The molecule has 0 radical (unpaired) electrons. The van der Waals surface area contributed by atoms with Gasteiger partial charge in [0.1, 0.15) is 0 Å². The number of halogens is 1. The number of hydrogen-bond acceptors (Lipinski definition) is 1. The van der Waals surface area contributed by atoms with E-state index in [0.717, 1.165) is 0 Å². The van der Waals surface area contributed by atoms with Crippen LogP contribution in [0, 0.1) is 13.8 Å². The van der Waals surface area contributed by atoms with Gasteiger partial charge in [-0.1, -0.05) is 18.2 Å². The minimum atomic E-state index is 1.24. The summed E-state index contributed by atoms with van der Waals surface area (Å²) < 4.78 is 3.13. The van der Waals surface area contributed by atoms with Gasteiger partial charge in [0.15, 0.2) is 0 Å². The van der Waals surface area contributed by atoms with Gasteiger partial charge in [-0.15, -0.1) is 0 Å². The molecule has 0 aliphatic carbocycles. The highest BCUT2D eigenvalue weighted by Crippen LogP contribution is 2.20. The van der Waals surface area contributed by atoms with Crippen LogP contribution >= 0.6 is 22.9 Å². The summed E-state index contributed by atoms with van der Waals surface area (Å²) in [6.07, 6.45) is 0. The zero-order valence-electron chi connectivity index (χ0n) is 6.11. The summed E-state index contributed by atoms with van der Waals surface area (Å²) in [6.45, 7) is 4.21. The van der Waals surface area contributed by atoms with Crippen LogP contribution in [0.5, 0.6) is 0 Å². The van der Waals surface area contributed by atoms with Crippen LogP contribution < -0.4 is 3.53 Å². The average molecular weight is 247 g/mol. The van der Waals surface area contributed by atoms with E-state index in [1.54, 1.807) is 0 Å². The van der Waals surface area contributed by atoms with Crippen LogP contribution in [0.15, 0.2) is 18.2 Å². The SMILES string of the molecule is Cc1cccc(C)c1NI. The average Bonchev–Trinajstić information content (AvgIpc) is 1.88. The highest BCUT2D eigenvalue weighted by atomic mass is 127. The van der Waals surface area contributed by atoms with Gasteiger partial charge in [0.05, 0.1) is 22.9 Å². The summed E-state index contributed by atoms with van der Waals surface area (Å²) in [5.41, 5.74) is 3.84. The van der Waals surface area contributed by atoms with Crippen molar-refractivity contribution in [3.8, 4) is 0 Å². The molecule has 0 fully saturated rings. The number of anilines is 1. The van der Waals surface area contributed by atoms with E-state index < -0.39 is 0 Å². The van der Waals surface area contributed by atoms with Gasteiger partial charge in [-0.3, -0.25) is 0 Å². The molecule has 1 nitrogen and oxygen atoms in total. The monoisotopic (exact) mass is 247 g/mol. The third-order valence-corrected chi connectivity index (χ3v) is 2.11. The van der Waals surface area contributed by atoms with Gasteiger partial charge >= 0.3 is 0 Å². The van der Waals surface area contributed by atoms with E-state index >= 15 is 0 Å². The normalized spacial score (nSPS) is 9.50. The molecule has 0 saturated heterocycles. The second kappa shape index (κ2) is 3.23. The zero-order valence-corrected chi connectivity index (χ0v) is 8.27. The molecule has 54 valence electrons. The molecule has 0 heterocycles.